The van der Waals surface area contributed by atoms with Crippen LogP contribution in [0.1, 0.15) is 0 Å². The summed E-state index contributed by atoms with van der Waals surface area (Å²) in [7, 11) is 1.56. The van der Waals surface area contributed by atoms with Crippen LogP contribution in [0.15, 0.2) is 47.5 Å². The summed E-state index contributed by atoms with van der Waals surface area (Å²) < 4.78 is 36.2. The van der Waals surface area contributed by atoms with Gasteiger partial charge in [0.15, 0.2) is 17.6 Å². The molecule has 0 atom stereocenters. The van der Waals surface area contributed by atoms with Gasteiger partial charge in [-0.3, -0.25) is 0 Å². The van der Waals surface area contributed by atoms with Gasteiger partial charge in [0.05, 0.1) is 19.3 Å². The van der Waals surface area contributed by atoms with Gasteiger partial charge in [-0.05, 0) is 24.3 Å². The predicted octanol–water partition coefficient (Wildman–Crippen LogP) is 3.40. The molecular weight excluding hydrogens is 431 g/mol. The Bertz CT molecular complexity index is 699. The maximum absolute atomic E-state index is 13.0. The summed E-state index contributed by atoms with van der Waals surface area (Å²) in [6.07, 6.45) is 0. The van der Waals surface area contributed by atoms with E-state index in [0.717, 1.165) is 12.1 Å². The lowest BCUT2D eigenvalue weighted by atomic mass is 10.3. The molecule has 0 fully saturated rings. The Labute approximate surface area is 155 Å². The molecule has 0 aliphatic heterocycles. The van der Waals surface area contributed by atoms with E-state index in [1.807, 2.05) is 12.1 Å². The van der Waals surface area contributed by atoms with Gasteiger partial charge in [-0.25, -0.2) is 13.8 Å². The van der Waals surface area contributed by atoms with Crippen molar-refractivity contribution in [2.75, 3.05) is 25.6 Å². The molecule has 130 valence electrons. The van der Waals surface area contributed by atoms with Gasteiger partial charge < -0.3 is 20.5 Å². The van der Waals surface area contributed by atoms with E-state index in [0.29, 0.717) is 11.4 Å². The van der Waals surface area contributed by atoms with Gasteiger partial charge in [-0.1, -0.05) is 12.1 Å². The van der Waals surface area contributed by atoms with E-state index >= 15 is 0 Å². The van der Waals surface area contributed by atoms with Crippen molar-refractivity contribution in [2.45, 2.75) is 0 Å². The Hall–Kier alpha value is -2.10. The average Bonchev–Trinajstić information content (AvgIpc) is 2.55. The molecule has 2 rings (SSSR count). The molecule has 24 heavy (non-hydrogen) atoms. The SMILES string of the molecule is COc1ccccc1NC(N)=NCCOc1ccc(F)c(F)c1.I. The zero-order valence-electron chi connectivity index (χ0n) is 13.0. The van der Waals surface area contributed by atoms with Crippen LogP contribution < -0.4 is 20.5 Å². The van der Waals surface area contributed by atoms with Crippen molar-refractivity contribution in [1.82, 2.24) is 0 Å². The molecule has 2 aromatic rings. The number of anilines is 1. The van der Waals surface area contributed by atoms with E-state index in [4.69, 9.17) is 15.2 Å². The van der Waals surface area contributed by atoms with Crippen molar-refractivity contribution in [3.05, 3.63) is 54.1 Å². The van der Waals surface area contributed by atoms with Crippen LogP contribution in [-0.4, -0.2) is 26.2 Å². The Morgan fingerprint density at radius 3 is 2.62 bits per heavy atom. The number of hydrogen-bond acceptors (Lipinski definition) is 3. The second-order valence-electron chi connectivity index (χ2n) is 4.52. The van der Waals surface area contributed by atoms with Gasteiger partial charge >= 0.3 is 0 Å². The van der Waals surface area contributed by atoms with Gasteiger partial charge in [0.1, 0.15) is 18.1 Å². The average molecular weight is 449 g/mol. The third-order valence-corrected chi connectivity index (χ3v) is 2.90. The number of ether oxygens (including phenoxy) is 2. The molecule has 5 nitrogen and oxygen atoms in total. The second-order valence-corrected chi connectivity index (χ2v) is 4.52. The van der Waals surface area contributed by atoms with Crippen molar-refractivity contribution >= 4 is 35.6 Å². The van der Waals surface area contributed by atoms with Crippen molar-refractivity contribution < 1.29 is 18.3 Å². The molecule has 0 spiro atoms. The van der Waals surface area contributed by atoms with Crippen molar-refractivity contribution in [2.24, 2.45) is 10.7 Å². The molecule has 0 unspecified atom stereocenters. The predicted molar refractivity (Wildman–Crippen MR) is 100 cm³/mol. The number of nitrogens with one attached hydrogen (secondary N) is 1. The highest BCUT2D eigenvalue weighted by molar-refractivity contribution is 14.0. The second kappa shape index (κ2) is 9.91. The van der Waals surface area contributed by atoms with Crippen LogP contribution in [0.4, 0.5) is 14.5 Å². The summed E-state index contributed by atoms with van der Waals surface area (Å²) in [4.78, 5) is 4.08. The molecule has 2 aromatic carbocycles. The van der Waals surface area contributed by atoms with Gasteiger partial charge in [-0.15, -0.1) is 24.0 Å². The molecule has 0 saturated carbocycles. The van der Waals surface area contributed by atoms with E-state index in [-0.39, 0.29) is 48.8 Å². The highest BCUT2D eigenvalue weighted by Gasteiger charge is 2.04. The molecule has 0 heterocycles. The van der Waals surface area contributed by atoms with Crippen molar-refractivity contribution in [3.63, 3.8) is 0 Å². The van der Waals surface area contributed by atoms with Gasteiger partial charge in [0, 0.05) is 6.07 Å². The Morgan fingerprint density at radius 2 is 1.92 bits per heavy atom. The van der Waals surface area contributed by atoms with Crippen LogP contribution in [0, 0.1) is 11.6 Å². The van der Waals surface area contributed by atoms with Crippen LogP contribution in [0.25, 0.3) is 0 Å². The van der Waals surface area contributed by atoms with Gasteiger partial charge in [-0.2, -0.15) is 0 Å². The summed E-state index contributed by atoms with van der Waals surface area (Å²) in [6.45, 7) is 0.437. The number of halogens is 3. The van der Waals surface area contributed by atoms with Crippen molar-refractivity contribution in [1.29, 1.82) is 0 Å². The molecule has 0 aliphatic rings. The summed E-state index contributed by atoms with van der Waals surface area (Å²) in [5.41, 5.74) is 6.46. The number of rotatable bonds is 6. The molecule has 0 saturated heterocycles. The maximum atomic E-state index is 13.0. The third-order valence-electron chi connectivity index (χ3n) is 2.90. The minimum Gasteiger partial charge on any atom is -0.495 e. The van der Waals surface area contributed by atoms with E-state index < -0.39 is 11.6 Å². The summed E-state index contributed by atoms with van der Waals surface area (Å²) in [5.74, 6) is -0.800. The highest BCUT2D eigenvalue weighted by atomic mass is 127. The summed E-state index contributed by atoms with van der Waals surface area (Å²) in [6, 6.07) is 10.6. The zero-order valence-corrected chi connectivity index (χ0v) is 15.3. The summed E-state index contributed by atoms with van der Waals surface area (Å²) in [5, 5.41) is 2.91. The van der Waals surface area contributed by atoms with Gasteiger partial charge in [0.25, 0.3) is 0 Å². The minimum absolute atomic E-state index is 0. The lowest BCUT2D eigenvalue weighted by Gasteiger charge is -2.10. The normalized spacial score (nSPS) is 10.7. The Kier molecular flexibility index (Phi) is 8.24. The number of benzene rings is 2. The number of nitrogens with two attached hydrogens (primary N) is 1. The number of hydrogen-bond donors (Lipinski definition) is 2. The van der Waals surface area contributed by atoms with Crippen LogP contribution in [0.2, 0.25) is 0 Å². The molecule has 0 radical (unpaired) electrons. The lowest BCUT2D eigenvalue weighted by molar-refractivity contribution is 0.325. The first-order valence-electron chi connectivity index (χ1n) is 6.88. The number of guanidine groups is 1. The molecule has 0 aromatic heterocycles. The fourth-order valence-electron chi connectivity index (χ4n) is 1.82. The lowest BCUT2D eigenvalue weighted by Crippen LogP contribution is -2.23. The van der Waals surface area contributed by atoms with Gasteiger partial charge in [0.2, 0.25) is 0 Å². The Balaban J connectivity index is 0.00000288. The quantitative estimate of drug-likeness (QED) is 0.307. The Morgan fingerprint density at radius 1 is 1.17 bits per heavy atom. The first kappa shape index (κ1) is 19.9. The molecule has 0 aliphatic carbocycles. The number of para-hydroxylation sites is 2. The van der Waals surface area contributed by atoms with Crippen LogP contribution in [0.3, 0.4) is 0 Å². The zero-order chi connectivity index (χ0) is 16.7. The number of aliphatic imine (C=N–C) groups is 1. The number of methoxy groups -OCH3 is 1. The van der Waals surface area contributed by atoms with E-state index in [1.54, 1.807) is 19.2 Å². The van der Waals surface area contributed by atoms with Crippen LogP contribution >= 0.6 is 24.0 Å². The minimum atomic E-state index is -0.955. The molecule has 8 heteroatoms. The molecular formula is C16H18F2IN3O2. The van der Waals surface area contributed by atoms with E-state index in [9.17, 15) is 8.78 Å². The van der Waals surface area contributed by atoms with Crippen LogP contribution in [0.5, 0.6) is 11.5 Å². The standard InChI is InChI=1S/C16H17F2N3O2.HI/c1-22-15-5-3-2-4-14(15)21-16(19)20-8-9-23-11-6-7-12(17)13(18)10-11;/h2-7,10H,8-9H2,1H3,(H3,19,20,21);1H. The molecule has 0 bridgehead atoms. The first-order valence-corrected chi connectivity index (χ1v) is 6.88. The fraction of sp³-hybridized carbons (Fsp3) is 0.188. The largest absolute Gasteiger partial charge is 0.495 e. The summed E-state index contributed by atoms with van der Waals surface area (Å²) >= 11 is 0. The fourth-order valence-corrected chi connectivity index (χ4v) is 1.82. The molecule has 3 N–H and O–H groups in total. The molecule has 0 amide bonds. The number of nitrogens with zero attached hydrogens (tertiary/aromatic N) is 1. The maximum Gasteiger partial charge on any atom is 0.193 e. The van der Waals surface area contributed by atoms with E-state index in [1.165, 1.54) is 6.07 Å². The smallest absolute Gasteiger partial charge is 0.193 e. The topological polar surface area (TPSA) is 68.9 Å². The van der Waals surface area contributed by atoms with Crippen molar-refractivity contribution in [3.8, 4) is 11.5 Å². The monoisotopic (exact) mass is 449 g/mol. The van der Waals surface area contributed by atoms with Crippen LogP contribution in [-0.2, 0) is 0 Å². The third kappa shape index (κ3) is 5.84. The first-order chi connectivity index (χ1) is 11.1. The van der Waals surface area contributed by atoms with E-state index in [2.05, 4.69) is 10.3 Å². The highest BCUT2D eigenvalue weighted by Crippen LogP contribution is 2.22.